The van der Waals surface area contributed by atoms with Gasteiger partial charge in [-0.25, -0.2) is 13.6 Å². The second-order valence-electron chi connectivity index (χ2n) is 6.49. The van der Waals surface area contributed by atoms with Crippen molar-refractivity contribution in [3.63, 3.8) is 0 Å². The number of nitrogens with zero attached hydrogens (tertiary/aromatic N) is 3. The molecule has 0 aliphatic rings. The number of fused-ring (bicyclic) bond motifs is 1. The zero-order chi connectivity index (χ0) is 21.8. The molecule has 1 aromatic heterocycles. The smallest absolute Gasteiger partial charge is 0.158 e. The molecule has 3 aromatic carbocycles. The maximum Gasteiger partial charge on any atom is 0.158 e. The average molecular weight is 518 g/mol. The summed E-state index contributed by atoms with van der Waals surface area (Å²) < 4.78 is 27.8. The number of ether oxygens (including phenoxy) is 1. The number of aromatic nitrogens is 3. The Balaban J connectivity index is 1.81. The number of nitrogens with one attached hydrogen (secondary N) is 2. The SMILES string of the molecule is CN=S(=O)(Nc1cc(SCc2ncn[nH]2)c(OC)c2ccccc12)c1ccc(Br)cc1. The number of benzene rings is 3. The molecule has 1 unspecified atom stereocenters. The average Bonchev–Trinajstić information content (AvgIpc) is 3.32. The second-order valence-corrected chi connectivity index (χ2v) is 10.5. The van der Waals surface area contributed by atoms with Crippen molar-refractivity contribution < 1.29 is 8.95 Å². The molecule has 4 rings (SSSR count). The Kier molecular flexibility index (Phi) is 6.49. The van der Waals surface area contributed by atoms with E-state index in [-0.39, 0.29) is 0 Å². The number of aromatic amines is 1. The molecule has 1 atom stereocenters. The van der Waals surface area contributed by atoms with E-state index in [1.54, 1.807) is 38.1 Å². The van der Waals surface area contributed by atoms with Crippen LogP contribution in [0.1, 0.15) is 5.82 Å². The third-order valence-electron chi connectivity index (χ3n) is 4.63. The van der Waals surface area contributed by atoms with Gasteiger partial charge in [-0.2, -0.15) is 5.10 Å². The minimum Gasteiger partial charge on any atom is -0.495 e. The largest absolute Gasteiger partial charge is 0.495 e. The number of halogens is 1. The lowest BCUT2D eigenvalue weighted by Crippen LogP contribution is -2.13. The molecule has 0 spiro atoms. The first-order chi connectivity index (χ1) is 15.0. The predicted octanol–water partition coefficient (Wildman–Crippen LogP) is 5.51. The van der Waals surface area contributed by atoms with Gasteiger partial charge in [0.15, 0.2) is 9.92 Å². The summed E-state index contributed by atoms with van der Waals surface area (Å²) in [6.07, 6.45) is 1.48. The third-order valence-corrected chi connectivity index (χ3v) is 8.12. The van der Waals surface area contributed by atoms with Crippen LogP contribution in [-0.4, -0.2) is 33.5 Å². The minimum atomic E-state index is -2.89. The minimum absolute atomic E-state index is 0.592. The maximum atomic E-state index is 13.7. The van der Waals surface area contributed by atoms with E-state index >= 15 is 0 Å². The van der Waals surface area contributed by atoms with E-state index in [9.17, 15) is 4.21 Å². The zero-order valence-corrected chi connectivity index (χ0v) is 20.1. The van der Waals surface area contributed by atoms with Crippen LogP contribution in [0.4, 0.5) is 5.69 Å². The Morgan fingerprint density at radius 2 is 1.94 bits per heavy atom. The van der Waals surface area contributed by atoms with Gasteiger partial charge in [0.1, 0.15) is 17.9 Å². The molecule has 0 saturated heterocycles. The van der Waals surface area contributed by atoms with Crippen molar-refractivity contribution in [3.05, 3.63) is 71.2 Å². The fourth-order valence-electron chi connectivity index (χ4n) is 3.15. The Morgan fingerprint density at radius 1 is 1.19 bits per heavy atom. The van der Waals surface area contributed by atoms with Crippen LogP contribution in [0.2, 0.25) is 0 Å². The lowest BCUT2D eigenvalue weighted by Gasteiger charge is -2.18. The van der Waals surface area contributed by atoms with Crippen molar-refractivity contribution in [3.8, 4) is 5.75 Å². The van der Waals surface area contributed by atoms with E-state index in [4.69, 9.17) is 4.74 Å². The lowest BCUT2D eigenvalue weighted by atomic mass is 10.1. The van der Waals surface area contributed by atoms with Gasteiger partial charge in [0.2, 0.25) is 0 Å². The monoisotopic (exact) mass is 517 g/mol. The van der Waals surface area contributed by atoms with Crippen LogP contribution in [0.5, 0.6) is 5.75 Å². The van der Waals surface area contributed by atoms with Gasteiger partial charge < -0.3 is 4.74 Å². The fourth-order valence-corrected chi connectivity index (χ4v) is 5.76. The van der Waals surface area contributed by atoms with E-state index in [0.717, 1.165) is 37.4 Å². The van der Waals surface area contributed by atoms with Crippen molar-refractivity contribution >= 4 is 54.1 Å². The van der Waals surface area contributed by atoms with E-state index < -0.39 is 9.92 Å². The summed E-state index contributed by atoms with van der Waals surface area (Å²) in [6.45, 7) is 0. The molecule has 0 amide bonds. The normalized spacial score (nSPS) is 13.0. The van der Waals surface area contributed by atoms with Gasteiger partial charge in [-0.05, 0) is 30.3 Å². The van der Waals surface area contributed by atoms with E-state index in [1.807, 2.05) is 42.5 Å². The molecule has 7 nitrogen and oxygen atoms in total. The molecule has 0 bridgehead atoms. The Hall–Kier alpha value is -2.56. The van der Waals surface area contributed by atoms with Gasteiger partial charge in [0.25, 0.3) is 0 Å². The standard InChI is InChI=1S/C21H20BrN5O2S2/c1-23-31(28,15-9-7-14(22)8-10-15)27-18-11-19(30-12-20-24-13-25-26-20)21(29-2)17-6-4-3-5-16(17)18/h3-11,13H,12H2,1-2H3,(H,23,27,28)(H,24,25,26). The first-order valence-corrected chi connectivity index (χ1v) is 12.6. The summed E-state index contributed by atoms with van der Waals surface area (Å²) in [4.78, 5) is 5.68. The maximum absolute atomic E-state index is 13.7. The van der Waals surface area contributed by atoms with Crippen molar-refractivity contribution in [1.82, 2.24) is 15.2 Å². The number of H-pyrrole nitrogens is 1. The van der Waals surface area contributed by atoms with Crippen LogP contribution in [-0.2, 0) is 15.7 Å². The summed E-state index contributed by atoms with van der Waals surface area (Å²) >= 11 is 4.98. The number of rotatable bonds is 7. The van der Waals surface area contributed by atoms with Crippen LogP contribution in [0.25, 0.3) is 10.8 Å². The first kappa shape index (κ1) is 21.7. The number of methoxy groups -OCH3 is 1. The number of hydrogen-bond donors (Lipinski definition) is 2. The fraction of sp³-hybridized carbons (Fsp3) is 0.143. The predicted molar refractivity (Wildman–Crippen MR) is 129 cm³/mol. The quantitative estimate of drug-likeness (QED) is 0.315. The summed E-state index contributed by atoms with van der Waals surface area (Å²) in [5, 5.41) is 8.58. The molecule has 0 fully saturated rings. The number of thioether (sulfide) groups is 1. The van der Waals surface area contributed by atoms with Crippen molar-refractivity contribution in [2.75, 3.05) is 18.9 Å². The van der Waals surface area contributed by atoms with Crippen molar-refractivity contribution in [2.24, 2.45) is 4.36 Å². The summed E-state index contributed by atoms with van der Waals surface area (Å²) in [7, 11) is 0.325. The van der Waals surface area contributed by atoms with Gasteiger partial charge >= 0.3 is 0 Å². The van der Waals surface area contributed by atoms with E-state index in [0.29, 0.717) is 10.6 Å². The number of anilines is 1. The van der Waals surface area contributed by atoms with Gasteiger partial charge in [-0.3, -0.25) is 9.82 Å². The van der Waals surface area contributed by atoms with E-state index in [1.165, 1.54) is 6.33 Å². The summed E-state index contributed by atoms with van der Waals surface area (Å²) in [5.41, 5.74) is 0.718. The summed E-state index contributed by atoms with van der Waals surface area (Å²) in [6, 6.07) is 17.1. The molecule has 4 aromatic rings. The molecule has 1 heterocycles. The summed E-state index contributed by atoms with van der Waals surface area (Å²) in [5.74, 6) is 2.11. The number of hydrogen-bond acceptors (Lipinski definition) is 6. The molecule has 0 radical (unpaired) electrons. The molecule has 0 aliphatic carbocycles. The topological polar surface area (TPSA) is 92.3 Å². The molecular weight excluding hydrogens is 498 g/mol. The highest BCUT2D eigenvalue weighted by atomic mass is 79.9. The lowest BCUT2D eigenvalue weighted by molar-refractivity contribution is 0.410. The molecule has 160 valence electrons. The second kappa shape index (κ2) is 9.29. The van der Waals surface area contributed by atoms with Crippen LogP contribution < -0.4 is 9.46 Å². The van der Waals surface area contributed by atoms with Crippen LogP contribution in [0.15, 0.2) is 79.6 Å². The Bertz CT molecular complexity index is 1320. The highest BCUT2D eigenvalue weighted by Crippen LogP contribution is 2.42. The molecular formula is C21H20BrN5O2S2. The van der Waals surface area contributed by atoms with Gasteiger partial charge in [0, 0.05) is 22.3 Å². The molecule has 2 N–H and O–H groups in total. The molecule has 31 heavy (non-hydrogen) atoms. The van der Waals surface area contributed by atoms with E-state index in [2.05, 4.69) is 40.2 Å². The van der Waals surface area contributed by atoms with Gasteiger partial charge in [-0.1, -0.05) is 40.2 Å². The van der Waals surface area contributed by atoms with Gasteiger partial charge in [-0.15, -0.1) is 11.8 Å². The Morgan fingerprint density at radius 3 is 2.58 bits per heavy atom. The highest BCUT2D eigenvalue weighted by Gasteiger charge is 2.18. The van der Waals surface area contributed by atoms with Crippen molar-refractivity contribution in [2.45, 2.75) is 15.5 Å². The highest BCUT2D eigenvalue weighted by molar-refractivity contribution is 9.10. The van der Waals surface area contributed by atoms with Crippen molar-refractivity contribution in [1.29, 1.82) is 0 Å². The first-order valence-electron chi connectivity index (χ1n) is 9.29. The zero-order valence-electron chi connectivity index (χ0n) is 16.8. The Labute approximate surface area is 193 Å². The van der Waals surface area contributed by atoms with Crippen LogP contribution in [0.3, 0.4) is 0 Å². The van der Waals surface area contributed by atoms with Crippen LogP contribution >= 0.6 is 27.7 Å². The molecule has 0 saturated carbocycles. The molecule has 0 aliphatic heterocycles. The van der Waals surface area contributed by atoms with Gasteiger partial charge in [0.05, 0.1) is 28.3 Å². The van der Waals surface area contributed by atoms with Crippen LogP contribution in [0, 0.1) is 0 Å². The molecule has 10 heteroatoms. The third kappa shape index (κ3) is 4.56.